The Balaban J connectivity index is 2.14. The van der Waals surface area contributed by atoms with Gasteiger partial charge in [-0.3, -0.25) is 0 Å². The second-order valence-electron chi connectivity index (χ2n) is 2.14. The van der Waals surface area contributed by atoms with Crippen LogP contribution in [0.1, 0.15) is 25.7 Å². The van der Waals surface area contributed by atoms with Crippen LogP contribution in [0.3, 0.4) is 0 Å². The number of rotatable bonds is 1. The van der Waals surface area contributed by atoms with E-state index >= 15 is 0 Å². The molecule has 0 bridgehead atoms. The third-order valence-corrected chi connectivity index (χ3v) is 4.88. The average Bonchev–Trinajstić information content (AvgIpc) is 2.14. The maximum atomic E-state index is 2.43. The van der Waals surface area contributed by atoms with Crippen molar-refractivity contribution in [2.45, 2.75) is 34.6 Å². The van der Waals surface area contributed by atoms with Gasteiger partial charge in [0.15, 0.2) is 0 Å². The van der Waals surface area contributed by atoms with Crippen LogP contribution >= 0.6 is 0 Å². The summed E-state index contributed by atoms with van der Waals surface area (Å²) in [7, 11) is 0. The van der Waals surface area contributed by atoms with Gasteiger partial charge >= 0.3 is 55.5 Å². The Bertz CT molecular complexity index is 46.1. The minimum absolute atomic E-state index is 0.456. The van der Waals surface area contributed by atoms with Gasteiger partial charge in [-0.15, -0.1) is 0 Å². The van der Waals surface area contributed by atoms with Crippen LogP contribution in [0.2, 0.25) is 8.94 Å². The summed E-state index contributed by atoms with van der Waals surface area (Å²) < 4.78 is 1.23. The van der Waals surface area contributed by atoms with Crippen molar-refractivity contribution in [1.29, 1.82) is 0 Å². The molecule has 0 heterocycles. The van der Waals surface area contributed by atoms with Gasteiger partial charge in [0.05, 0.1) is 0 Å². The Labute approximate surface area is 55.8 Å². The molecule has 7 heavy (non-hydrogen) atoms. The van der Waals surface area contributed by atoms with Gasteiger partial charge in [-0.25, -0.2) is 0 Å². The van der Waals surface area contributed by atoms with E-state index in [2.05, 4.69) is 4.97 Å². The van der Waals surface area contributed by atoms with E-state index in [1.54, 1.807) is 12.8 Å². The van der Waals surface area contributed by atoms with Crippen molar-refractivity contribution in [3.63, 3.8) is 0 Å². The van der Waals surface area contributed by atoms with Crippen molar-refractivity contribution in [3.05, 3.63) is 0 Å². The van der Waals surface area contributed by atoms with Crippen LogP contribution in [-0.2, 0) is 0 Å². The van der Waals surface area contributed by atoms with Crippen LogP contribution in [0.4, 0.5) is 0 Å². The molecule has 1 aliphatic rings. The molecule has 1 fully saturated rings. The summed E-state index contributed by atoms with van der Waals surface area (Å²) in [6.45, 7) is 0. The summed E-state index contributed by atoms with van der Waals surface area (Å²) in [5.41, 5.74) is 0. The number of hydrogen-bond donors (Lipinski definition) is 0. The number of hydrogen-bond acceptors (Lipinski definition) is 0. The predicted molar refractivity (Wildman–Crippen MR) is 33.8 cm³/mol. The molecular formula is C6H12Te. The fourth-order valence-corrected chi connectivity index (χ4v) is 3.42. The summed E-state index contributed by atoms with van der Waals surface area (Å²) in [4.78, 5) is 2.43. The molecule has 0 aromatic carbocycles. The normalized spacial score (nSPS) is 23.6. The van der Waals surface area contributed by atoms with Crippen molar-refractivity contribution in [2.75, 3.05) is 0 Å². The van der Waals surface area contributed by atoms with E-state index in [0.717, 1.165) is 0 Å². The molecule has 0 radical (unpaired) electrons. The van der Waals surface area contributed by atoms with Crippen LogP contribution in [-0.4, -0.2) is 20.9 Å². The zero-order valence-electron chi connectivity index (χ0n) is 4.81. The molecule has 1 aliphatic carbocycles. The van der Waals surface area contributed by atoms with Crippen molar-refractivity contribution >= 4 is 20.9 Å². The van der Waals surface area contributed by atoms with Gasteiger partial charge in [0.25, 0.3) is 0 Å². The summed E-state index contributed by atoms with van der Waals surface area (Å²) in [6.07, 6.45) is 6.20. The van der Waals surface area contributed by atoms with E-state index in [9.17, 15) is 0 Å². The average molecular weight is 212 g/mol. The van der Waals surface area contributed by atoms with E-state index < -0.39 is 0 Å². The first kappa shape index (κ1) is 5.92. The first-order valence-electron chi connectivity index (χ1n) is 2.96. The maximum absolute atomic E-state index is 2.43. The summed E-state index contributed by atoms with van der Waals surface area (Å²) in [5.74, 6) is 0. The van der Waals surface area contributed by atoms with E-state index in [-0.39, 0.29) is 0 Å². The Morgan fingerprint density at radius 3 is 2.14 bits per heavy atom. The first-order chi connectivity index (χ1) is 3.43. The van der Waals surface area contributed by atoms with Gasteiger partial charge in [-0.2, -0.15) is 0 Å². The summed E-state index contributed by atoms with van der Waals surface area (Å²) in [5, 5.41) is 0. The van der Waals surface area contributed by atoms with Crippen molar-refractivity contribution in [2.24, 2.45) is 0 Å². The molecule has 0 spiro atoms. The predicted octanol–water partition coefficient (Wildman–Crippen LogP) is 2.10. The van der Waals surface area contributed by atoms with Gasteiger partial charge < -0.3 is 0 Å². The first-order valence-corrected chi connectivity index (χ1v) is 6.64. The second kappa shape index (κ2) is 2.95. The fraction of sp³-hybridized carbons (Fsp3) is 1.00. The zero-order chi connectivity index (χ0) is 5.11. The van der Waals surface area contributed by atoms with Crippen LogP contribution in [0.5, 0.6) is 0 Å². The Kier molecular flexibility index (Phi) is 2.49. The van der Waals surface area contributed by atoms with Crippen molar-refractivity contribution < 1.29 is 0 Å². The van der Waals surface area contributed by atoms with Crippen molar-refractivity contribution in [3.8, 4) is 0 Å². The van der Waals surface area contributed by atoms with E-state index in [1.807, 2.05) is 0 Å². The molecule has 0 unspecified atom stereocenters. The topological polar surface area (TPSA) is 0 Å². The molecule has 0 aliphatic heterocycles. The third kappa shape index (κ3) is 1.63. The quantitative estimate of drug-likeness (QED) is 0.583. The zero-order valence-corrected chi connectivity index (χ0v) is 7.14. The molecule has 1 saturated carbocycles. The van der Waals surface area contributed by atoms with Gasteiger partial charge in [-0.1, -0.05) is 0 Å². The van der Waals surface area contributed by atoms with E-state index in [0.29, 0.717) is 20.9 Å². The Morgan fingerprint density at radius 1 is 1.29 bits per heavy atom. The van der Waals surface area contributed by atoms with E-state index in [4.69, 9.17) is 0 Å². The van der Waals surface area contributed by atoms with Crippen molar-refractivity contribution in [1.82, 2.24) is 0 Å². The molecule has 0 atom stereocenters. The third-order valence-electron chi connectivity index (χ3n) is 1.64. The molecule has 0 aromatic heterocycles. The fourth-order valence-electron chi connectivity index (χ4n) is 1.12. The van der Waals surface area contributed by atoms with Crippen LogP contribution in [0, 0.1) is 0 Å². The SMILES string of the molecule is C[Te]C1CCCC1. The molecule has 0 amide bonds. The Morgan fingerprint density at radius 2 is 1.86 bits per heavy atom. The molecule has 42 valence electrons. The molecule has 1 heteroatoms. The second-order valence-corrected chi connectivity index (χ2v) is 5.39. The van der Waals surface area contributed by atoms with Gasteiger partial charge in [0.1, 0.15) is 0 Å². The standard InChI is InChI=1S/C6H12Te/c1-7-6-4-2-3-5-6/h6H,2-5H2,1H3. The molecule has 0 N–H and O–H groups in total. The summed E-state index contributed by atoms with van der Waals surface area (Å²) >= 11 is 0.456. The Hall–Kier alpha value is 0.790. The molecule has 1 rings (SSSR count). The minimum atomic E-state index is 0.456. The van der Waals surface area contributed by atoms with Gasteiger partial charge in [-0.05, 0) is 0 Å². The van der Waals surface area contributed by atoms with E-state index in [1.165, 1.54) is 16.8 Å². The molecule has 0 nitrogen and oxygen atoms in total. The molecule has 0 aromatic rings. The van der Waals surface area contributed by atoms with Gasteiger partial charge in [0, 0.05) is 0 Å². The monoisotopic (exact) mass is 214 g/mol. The van der Waals surface area contributed by atoms with Crippen LogP contribution in [0.15, 0.2) is 0 Å². The van der Waals surface area contributed by atoms with Crippen LogP contribution in [0.25, 0.3) is 0 Å². The van der Waals surface area contributed by atoms with Gasteiger partial charge in [0.2, 0.25) is 0 Å². The summed E-state index contributed by atoms with van der Waals surface area (Å²) in [6, 6.07) is 0. The molecular weight excluding hydrogens is 200 g/mol. The molecule has 0 saturated heterocycles. The van der Waals surface area contributed by atoms with Crippen LogP contribution < -0.4 is 0 Å².